The Morgan fingerprint density at radius 1 is 0.980 bits per heavy atom. The number of hydrogen-bond acceptors (Lipinski definition) is 9. The number of aromatic hydroxyl groups is 1. The number of carboxylic acids is 1. The summed E-state index contributed by atoms with van der Waals surface area (Å²) in [6.07, 6.45) is 12.2. The lowest BCUT2D eigenvalue weighted by molar-refractivity contribution is -0.929. The summed E-state index contributed by atoms with van der Waals surface area (Å²) in [5.41, 5.74) is 0.827. The first kappa shape index (κ1) is 41.9. The van der Waals surface area contributed by atoms with Gasteiger partial charge in [0, 0.05) is 16.5 Å². The average Bonchev–Trinajstić information content (AvgIpc) is 3.33. The molecule has 2 fully saturated rings. The van der Waals surface area contributed by atoms with Crippen LogP contribution >= 0.6 is 11.8 Å². The molecule has 0 saturated carbocycles. The minimum absolute atomic E-state index is 0.0115. The average molecular weight is 705 g/mol. The number of quaternary nitrogens is 1. The van der Waals surface area contributed by atoms with Crippen LogP contribution in [-0.2, 0) is 23.9 Å². The van der Waals surface area contributed by atoms with E-state index in [4.69, 9.17) is 0 Å². The maximum absolute atomic E-state index is 13.1. The van der Waals surface area contributed by atoms with Crippen LogP contribution in [-0.4, -0.2) is 93.7 Å². The molecule has 2 aliphatic heterocycles. The first-order chi connectivity index (χ1) is 23.2. The minimum atomic E-state index is -1.34. The first-order valence-corrected chi connectivity index (χ1v) is 18.8. The fourth-order valence-electron chi connectivity index (χ4n) is 6.48. The topological polar surface area (TPSA) is 148 Å². The molecular formula is C37H60N4O7S. The van der Waals surface area contributed by atoms with Crippen molar-refractivity contribution in [2.75, 3.05) is 33.3 Å². The van der Waals surface area contributed by atoms with E-state index in [0.29, 0.717) is 11.3 Å². The maximum Gasteiger partial charge on any atom is 0.332 e. The highest BCUT2D eigenvalue weighted by molar-refractivity contribution is 8.01. The molecule has 3 rings (SSSR count). The second-order valence-electron chi connectivity index (χ2n) is 13.7. The summed E-state index contributed by atoms with van der Waals surface area (Å²) < 4.78 is 5.24. The summed E-state index contributed by atoms with van der Waals surface area (Å²) >= 11 is 1.29. The van der Waals surface area contributed by atoms with E-state index in [-0.39, 0.29) is 5.75 Å². The van der Waals surface area contributed by atoms with Crippen LogP contribution in [0.4, 0.5) is 0 Å². The Kier molecular flexibility index (Phi) is 17.0. The molecule has 0 bridgehead atoms. The first-order valence-electron chi connectivity index (χ1n) is 17.9. The number of fused-ring (bicyclic) bond motifs is 1. The van der Waals surface area contributed by atoms with E-state index in [1.54, 1.807) is 20.8 Å². The molecule has 2 saturated heterocycles. The van der Waals surface area contributed by atoms with Gasteiger partial charge in [0.2, 0.25) is 11.8 Å². The molecule has 2 aliphatic rings. The number of carbonyl (C=O) groups excluding carboxylic acids is 4. The number of nitrogens with one attached hydrogen (secondary N) is 2. The number of β-lactam (4-membered cyclic amide) rings is 1. The van der Waals surface area contributed by atoms with Crippen molar-refractivity contribution in [1.29, 1.82) is 0 Å². The van der Waals surface area contributed by atoms with Crippen LogP contribution in [0.3, 0.4) is 0 Å². The number of carboxylic acid groups (broad SMARTS) is 1. The van der Waals surface area contributed by atoms with Crippen molar-refractivity contribution in [2.45, 2.75) is 128 Å². The summed E-state index contributed by atoms with van der Waals surface area (Å²) in [5.74, 6) is -2.99. The van der Waals surface area contributed by atoms with Gasteiger partial charge in [-0.1, -0.05) is 65.5 Å². The molecule has 1 aromatic carbocycles. The number of amides is 2. The molecule has 1 aromatic rings. The highest BCUT2D eigenvalue weighted by atomic mass is 32.2. The van der Waals surface area contributed by atoms with E-state index in [2.05, 4.69) is 43.1 Å². The van der Waals surface area contributed by atoms with Crippen LogP contribution in [0.5, 0.6) is 5.75 Å². The Morgan fingerprint density at radius 3 is 1.90 bits per heavy atom. The summed E-state index contributed by atoms with van der Waals surface area (Å²) in [4.78, 5) is 50.1. The molecule has 11 nitrogen and oxygen atoms in total. The number of nitrogens with zero attached hydrogens (tertiary/aromatic N) is 2. The van der Waals surface area contributed by atoms with Crippen molar-refractivity contribution < 1.29 is 38.6 Å². The predicted molar refractivity (Wildman–Crippen MR) is 192 cm³/mol. The molecule has 2 unspecified atom stereocenters. The molecule has 2 amide bonds. The number of benzene rings is 1. The predicted octanol–water partition coefficient (Wildman–Crippen LogP) is 4.40. The number of phenols is 1. The van der Waals surface area contributed by atoms with Crippen LogP contribution in [0.2, 0.25) is 0 Å². The van der Waals surface area contributed by atoms with Gasteiger partial charge >= 0.3 is 5.97 Å². The zero-order chi connectivity index (χ0) is 36.8. The Labute approximate surface area is 297 Å². The number of rotatable bonds is 19. The molecule has 0 spiro atoms. The fraction of sp³-hybridized carbons (Fsp3) is 0.676. The molecular weight excluding hydrogens is 644 g/mol. The minimum Gasteiger partial charge on any atom is -0.548 e. The fourth-order valence-corrected chi connectivity index (χ4v) is 8.10. The number of phenolic OH excluding ortho intramolecular Hbond substituents is 1. The number of methoxy groups -OCH3 is 1. The number of carbonyl (C=O) groups is 4. The number of allylic oxidation sites excluding steroid dienone is 1. The van der Waals surface area contributed by atoms with E-state index in [1.165, 1.54) is 136 Å². The van der Waals surface area contributed by atoms with Gasteiger partial charge in [0.25, 0.3) is 0 Å². The highest BCUT2D eigenvalue weighted by Crippen LogP contribution is 2.50. The number of hydrogen-bond donors (Lipinski definition) is 3. The number of esters is 1. The van der Waals surface area contributed by atoms with Gasteiger partial charge in [-0.15, -0.1) is 11.8 Å². The SMILES string of the molecule is CCCC[N+](CCCC)(CCCC)CCCC.COC(=O)/C=C(\C)NC(C(=O)NC1C(=O)N2[C@@H]1SC(C)(C)[C@@H]2C(=O)[O-])c1ccc(O)cc1. The van der Waals surface area contributed by atoms with Gasteiger partial charge in [0.15, 0.2) is 0 Å². The van der Waals surface area contributed by atoms with Crippen LogP contribution in [0, 0.1) is 0 Å². The second kappa shape index (κ2) is 19.8. The molecule has 49 heavy (non-hydrogen) atoms. The quantitative estimate of drug-likeness (QED) is 0.0825. The van der Waals surface area contributed by atoms with Crippen LogP contribution in [0.15, 0.2) is 36.0 Å². The molecule has 12 heteroatoms. The van der Waals surface area contributed by atoms with Gasteiger partial charge in [-0.2, -0.15) is 0 Å². The summed E-state index contributed by atoms with van der Waals surface area (Å²) in [7, 11) is 1.23. The van der Waals surface area contributed by atoms with Crippen molar-refractivity contribution in [3.8, 4) is 5.75 Å². The van der Waals surface area contributed by atoms with Gasteiger partial charge in [-0.3, -0.25) is 9.59 Å². The third kappa shape index (κ3) is 11.7. The summed E-state index contributed by atoms with van der Waals surface area (Å²) in [5, 5.41) is 26.2. The monoisotopic (exact) mass is 704 g/mol. The molecule has 0 radical (unpaired) electrons. The largest absolute Gasteiger partial charge is 0.548 e. The zero-order valence-electron chi connectivity index (χ0n) is 30.9. The lowest BCUT2D eigenvalue weighted by Crippen LogP contribution is -2.72. The van der Waals surface area contributed by atoms with E-state index >= 15 is 0 Å². The van der Waals surface area contributed by atoms with Gasteiger partial charge in [-0.25, -0.2) is 4.79 Å². The standard InChI is InChI=1S/C21H25N3O7S.C16H36N/c1-10(9-13(26)31-4)22-14(11-5-7-12(25)8-6-11)17(27)23-15-18(28)24-16(20(29)30)21(2,3)32-19(15)24;1-5-9-13-17(14-10-6-2,15-11-7-3)16-12-8-4/h5-9,14-16,19,22,25H,1-4H3,(H,23,27)(H,29,30);5-16H2,1-4H3/q;+1/p-1/b10-9+;/t14?,15?,16-,19+;/m0./s1. The second-order valence-corrected chi connectivity index (χ2v) is 15.5. The Bertz CT molecular complexity index is 1230. The van der Waals surface area contributed by atoms with Crippen molar-refractivity contribution in [3.05, 3.63) is 41.6 Å². The molecule has 4 atom stereocenters. The number of aliphatic carboxylic acids is 1. The lowest BCUT2D eigenvalue weighted by Gasteiger charge is -2.45. The number of unbranched alkanes of at least 4 members (excludes halogenated alkanes) is 4. The molecule has 3 N–H and O–H groups in total. The Hall–Kier alpha value is -3.25. The van der Waals surface area contributed by atoms with Crippen LogP contribution in [0.25, 0.3) is 0 Å². The normalized spacial score (nSPS) is 20.3. The molecule has 0 aromatic heterocycles. The summed E-state index contributed by atoms with van der Waals surface area (Å²) in [6, 6.07) is 2.91. The maximum atomic E-state index is 13.1. The summed E-state index contributed by atoms with van der Waals surface area (Å²) in [6.45, 7) is 20.0. The van der Waals surface area contributed by atoms with Gasteiger partial charge in [0.05, 0.1) is 45.3 Å². The third-order valence-corrected chi connectivity index (χ3v) is 10.9. The smallest absolute Gasteiger partial charge is 0.332 e. The Balaban J connectivity index is 0.000000417. The van der Waals surface area contributed by atoms with E-state index < -0.39 is 52.0 Å². The van der Waals surface area contributed by atoms with Gasteiger partial charge in [-0.05, 0) is 64.2 Å². The van der Waals surface area contributed by atoms with Crippen molar-refractivity contribution in [1.82, 2.24) is 15.5 Å². The lowest BCUT2D eigenvalue weighted by atomic mass is 9.95. The number of thioether (sulfide) groups is 1. The zero-order valence-corrected chi connectivity index (χ0v) is 31.7. The van der Waals surface area contributed by atoms with Crippen molar-refractivity contribution in [2.24, 2.45) is 0 Å². The van der Waals surface area contributed by atoms with Crippen LogP contribution in [0.1, 0.15) is 111 Å². The molecule has 2 heterocycles. The van der Waals surface area contributed by atoms with Gasteiger partial charge in [0.1, 0.15) is 23.2 Å². The van der Waals surface area contributed by atoms with E-state index in [9.17, 15) is 29.4 Å². The third-order valence-electron chi connectivity index (χ3n) is 9.30. The van der Waals surface area contributed by atoms with Crippen molar-refractivity contribution in [3.63, 3.8) is 0 Å². The Morgan fingerprint density at radius 2 is 1.47 bits per heavy atom. The van der Waals surface area contributed by atoms with E-state index in [1.807, 2.05) is 0 Å². The van der Waals surface area contributed by atoms with Crippen molar-refractivity contribution >= 4 is 35.5 Å². The van der Waals surface area contributed by atoms with Gasteiger partial charge < -0.3 is 39.8 Å². The molecule has 276 valence electrons. The molecule has 0 aliphatic carbocycles. The van der Waals surface area contributed by atoms with Crippen LogP contribution < -0.4 is 15.7 Å². The van der Waals surface area contributed by atoms with E-state index in [0.717, 1.165) is 0 Å². The number of ether oxygens (including phenoxy) is 1. The highest BCUT2D eigenvalue weighted by Gasteiger charge is 2.62.